The van der Waals surface area contributed by atoms with E-state index < -0.39 is 5.97 Å². The maximum absolute atomic E-state index is 11.2. The Morgan fingerprint density at radius 3 is 2.76 bits per heavy atom. The van der Waals surface area contributed by atoms with Gasteiger partial charge >= 0.3 is 5.97 Å². The minimum Gasteiger partial charge on any atom is -0.481 e. The molecule has 1 fully saturated rings. The van der Waals surface area contributed by atoms with E-state index in [2.05, 4.69) is 35.7 Å². The summed E-state index contributed by atoms with van der Waals surface area (Å²) in [6, 6.07) is 0. The zero-order valence-corrected chi connectivity index (χ0v) is 11.0. The summed E-state index contributed by atoms with van der Waals surface area (Å²) in [7, 11) is 0. The second-order valence-electron chi connectivity index (χ2n) is 5.45. The lowest BCUT2D eigenvalue weighted by molar-refractivity contribution is -0.141. The number of rotatable bonds is 2. The summed E-state index contributed by atoms with van der Waals surface area (Å²) < 4.78 is 4.00. The van der Waals surface area contributed by atoms with Crippen LogP contribution in [-0.2, 0) is 10.2 Å². The van der Waals surface area contributed by atoms with Gasteiger partial charge in [-0.1, -0.05) is 25.3 Å². The van der Waals surface area contributed by atoms with Crippen molar-refractivity contribution in [2.45, 2.75) is 32.1 Å². The van der Waals surface area contributed by atoms with E-state index in [1.54, 1.807) is 0 Å². The monoisotopic (exact) mass is 255 g/mol. The zero-order chi connectivity index (χ0) is 12.6. The summed E-state index contributed by atoms with van der Waals surface area (Å²) in [5, 5.41) is 16.5. The Morgan fingerprint density at radius 1 is 1.47 bits per heavy atom. The van der Waals surface area contributed by atoms with Crippen LogP contribution in [0.3, 0.4) is 0 Å². The molecule has 17 heavy (non-hydrogen) atoms. The van der Waals surface area contributed by atoms with Crippen LogP contribution in [-0.4, -0.2) is 33.8 Å². The van der Waals surface area contributed by atoms with Gasteiger partial charge in [-0.15, -0.1) is 5.10 Å². The van der Waals surface area contributed by atoms with Gasteiger partial charge in [0.15, 0.2) is 0 Å². The van der Waals surface area contributed by atoms with Gasteiger partial charge in [0.1, 0.15) is 0 Å². The molecule has 2 N–H and O–H groups in total. The third-order valence-corrected chi connectivity index (χ3v) is 3.95. The van der Waals surface area contributed by atoms with Crippen LogP contribution < -0.4 is 5.32 Å². The number of hydrogen-bond acceptors (Lipinski definition) is 5. The first-order chi connectivity index (χ1) is 7.91. The van der Waals surface area contributed by atoms with E-state index >= 15 is 0 Å². The predicted octanol–water partition coefficient (Wildman–Crippen LogP) is 1.22. The SMILES string of the molecule is CC(C)(C)c1nnsc1C1CNCC1C(=O)O. The normalized spacial score (nSPS) is 25.1. The Bertz CT molecular complexity index is 425. The predicted molar refractivity (Wildman–Crippen MR) is 65.3 cm³/mol. The maximum Gasteiger partial charge on any atom is 0.308 e. The van der Waals surface area contributed by atoms with Crippen molar-refractivity contribution < 1.29 is 9.90 Å². The summed E-state index contributed by atoms with van der Waals surface area (Å²) in [5.74, 6) is -1.10. The molecule has 0 radical (unpaired) electrons. The molecule has 0 saturated carbocycles. The molecule has 1 aliphatic heterocycles. The van der Waals surface area contributed by atoms with Crippen molar-refractivity contribution in [2.75, 3.05) is 13.1 Å². The van der Waals surface area contributed by atoms with Crippen molar-refractivity contribution in [3.63, 3.8) is 0 Å². The number of aromatic nitrogens is 2. The molecular weight excluding hydrogens is 238 g/mol. The molecule has 0 amide bonds. The Morgan fingerprint density at radius 2 is 2.18 bits per heavy atom. The third kappa shape index (κ3) is 2.32. The number of carboxylic acids is 1. The molecule has 1 saturated heterocycles. The number of hydrogen-bond donors (Lipinski definition) is 2. The Balaban J connectivity index is 2.34. The Labute approximate surface area is 104 Å². The highest BCUT2D eigenvalue weighted by Gasteiger charge is 2.38. The van der Waals surface area contributed by atoms with Crippen molar-refractivity contribution in [2.24, 2.45) is 5.92 Å². The van der Waals surface area contributed by atoms with Crippen molar-refractivity contribution in [3.8, 4) is 0 Å². The maximum atomic E-state index is 11.2. The molecule has 0 bridgehead atoms. The first kappa shape index (κ1) is 12.4. The number of aliphatic carboxylic acids is 1. The lowest BCUT2D eigenvalue weighted by Gasteiger charge is -2.20. The van der Waals surface area contributed by atoms with E-state index in [9.17, 15) is 9.90 Å². The van der Waals surface area contributed by atoms with E-state index in [0.717, 1.165) is 10.6 Å². The van der Waals surface area contributed by atoms with Gasteiger partial charge in [-0.2, -0.15) is 0 Å². The fraction of sp³-hybridized carbons (Fsp3) is 0.727. The number of nitrogens with zero attached hydrogens (tertiary/aromatic N) is 2. The molecule has 0 spiro atoms. The van der Waals surface area contributed by atoms with Crippen molar-refractivity contribution >= 4 is 17.5 Å². The summed E-state index contributed by atoms with van der Waals surface area (Å²) in [6.07, 6.45) is 0. The molecule has 1 aromatic rings. The molecular formula is C11H17N3O2S. The van der Waals surface area contributed by atoms with Crippen LogP contribution in [0, 0.1) is 5.92 Å². The molecule has 2 heterocycles. The number of carbonyl (C=O) groups is 1. The molecule has 2 atom stereocenters. The van der Waals surface area contributed by atoms with Crippen LogP contribution in [0.4, 0.5) is 0 Å². The first-order valence-electron chi connectivity index (χ1n) is 5.67. The summed E-state index contributed by atoms with van der Waals surface area (Å²) in [6.45, 7) is 7.45. The van der Waals surface area contributed by atoms with Gasteiger partial charge in [0, 0.05) is 24.4 Å². The molecule has 0 aromatic carbocycles. The second kappa shape index (κ2) is 4.34. The van der Waals surface area contributed by atoms with Crippen LogP contribution in [0.25, 0.3) is 0 Å². The van der Waals surface area contributed by atoms with Gasteiger partial charge in [-0.3, -0.25) is 4.79 Å². The average molecular weight is 255 g/mol. The number of nitrogens with one attached hydrogen (secondary N) is 1. The summed E-state index contributed by atoms with van der Waals surface area (Å²) >= 11 is 1.33. The molecule has 5 nitrogen and oxygen atoms in total. The highest BCUT2D eigenvalue weighted by Crippen LogP contribution is 2.36. The minimum absolute atomic E-state index is 0.00160. The summed E-state index contributed by atoms with van der Waals surface area (Å²) in [4.78, 5) is 12.2. The largest absolute Gasteiger partial charge is 0.481 e. The minimum atomic E-state index is -0.742. The standard InChI is InChI=1S/C11H17N3O2S/c1-11(2,3)9-8(17-14-13-9)6-4-12-5-7(6)10(15)16/h6-7,12H,4-5H2,1-3H3,(H,15,16). The zero-order valence-electron chi connectivity index (χ0n) is 10.2. The fourth-order valence-electron chi connectivity index (χ4n) is 2.17. The smallest absolute Gasteiger partial charge is 0.308 e. The molecule has 0 aliphatic carbocycles. The Kier molecular flexibility index (Phi) is 3.18. The fourth-order valence-corrected chi connectivity index (χ4v) is 3.20. The van der Waals surface area contributed by atoms with Crippen molar-refractivity contribution in [1.82, 2.24) is 14.9 Å². The van der Waals surface area contributed by atoms with Crippen LogP contribution in [0.15, 0.2) is 0 Å². The van der Waals surface area contributed by atoms with E-state index in [0.29, 0.717) is 13.1 Å². The Hall–Kier alpha value is -1.01. The van der Waals surface area contributed by atoms with E-state index in [1.807, 2.05) is 0 Å². The van der Waals surface area contributed by atoms with Gasteiger partial charge in [-0.25, -0.2) is 0 Å². The van der Waals surface area contributed by atoms with Gasteiger partial charge in [-0.05, 0) is 11.5 Å². The van der Waals surface area contributed by atoms with Gasteiger partial charge in [0.25, 0.3) is 0 Å². The van der Waals surface area contributed by atoms with Gasteiger partial charge in [0.2, 0.25) is 0 Å². The molecule has 2 rings (SSSR count). The quantitative estimate of drug-likeness (QED) is 0.831. The highest BCUT2D eigenvalue weighted by molar-refractivity contribution is 7.05. The first-order valence-corrected chi connectivity index (χ1v) is 6.45. The van der Waals surface area contributed by atoms with E-state index in [1.165, 1.54) is 11.5 Å². The molecule has 2 unspecified atom stereocenters. The molecule has 6 heteroatoms. The molecule has 1 aromatic heterocycles. The van der Waals surface area contributed by atoms with Crippen molar-refractivity contribution in [3.05, 3.63) is 10.6 Å². The lowest BCUT2D eigenvalue weighted by Crippen LogP contribution is -2.23. The number of carboxylic acid groups (broad SMARTS) is 1. The molecule has 94 valence electrons. The van der Waals surface area contributed by atoms with Gasteiger partial charge in [0.05, 0.1) is 16.5 Å². The van der Waals surface area contributed by atoms with Crippen LogP contribution >= 0.6 is 11.5 Å². The summed E-state index contributed by atoms with van der Waals surface area (Å²) in [5.41, 5.74) is 0.844. The van der Waals surface area contributed by atoms with Gasteiger partial charge < -0.3 is 10.4 Å². The topological polar surface area (TPSA) is 75.1 Å². The van der Waals surface area contributed by atoms with Crippen LogP contribution in [0.5, 0.6) is 0 Å². The van der Waals surface area contributed by atoms with Crippen molar-refractivity contribution in [1.29, 1.82) is 0 Å². The van der Waals surface area contributed by atoms with Crippen LogP contribution in [0.2, 0.25) is 0 Å². The lowest BCUT2D eigenvalue weighted by atomic mass is 9.85. The van der Waals surface area contributed by atoms with Crippen LogP contribution in [0.1, 0.15) is 37.3 Å². The second-order valence-corrected chi connectivity index (χ2v) is 6.23. The third-order valence-electron chi connectivity index (χ3n) is 3.09. The average Bonchev–Trinajstić information content (AvgIpc) is 2.84. The van der Waals surface area contributed by atoms with E-state index in [-0.39, 0.29) is 17.3 Å². The highest BCUT2D eigenvalue weighted by atomic mass is 32.1. The van der Waals surface area contributed by atoms with E-state index in [4.69, 9.17) is 0 Å². The molecule has 1 aliphatic rings.